The van der Waals surface area contributed by atoms with Crippen LogP contribution in [-0.4, -0.2) is 25.0 Å². The Kier molecular flexibility index (Phi) is 4.17. The Morgan fingerprint density at radius 2 is 2.35 bits per heavy atom. The first-order valence-electron chi connectivity index (χ1n) is 6.46. The van der Waals surface area contributed by atoms with E-state index in [-0.39, 0.29) is 24.0 Å². The fourth-order valence-electron chi connectivity index (χ4n) is 2.24. The predicted octanol–water partition coefficient (Wildman–Crippen LogP) is 2.54. The maximum Gasteiger partial charge on any atom is 0.340 e. The molecule has 4 nitrogen and oxygen atoms in total. The minimum atomic E-state index is -0.628. The molecule has 1 heterocycles. The molecule has 0 radical (unpaired) electrons. The highest BCUT2D eigenvalue weighted by atomic mass is 19.1. The molecular weight excluding hydrogens is 261 g/mol. The molecule has 2 rings (SSSR count). The first kappa shape index (κ1) is 14.2. The van der Waals surface area contributed by atoms with Crippen LogP contribution in [0.25, 0.3) is 0 Å². The number of carbonyl (C=O) groups excluding carboxylic acids is 2. The molecule has 1 amide bonds. The second-order valence-electron chi connectivity index (χ2n) is 4.59. The summed E-state index contributed by atoms with van der Waals surface area (Å²) in [5, 5.41) is 0. The van der Waals surface area contributed by atoms with E-state index in [1.165, 1.54) is 17.0 Å². The summed E-state index contributed by atoms with van der Waals surface area (Å²) in [6, 6.07) is 3.76. The maximum absolute atomic E-state index is 13.3. The highest BCUT2D eigenvalue weighted by Crippen LogP contribution is 2.29. The SMILES string of the molecule is C=CC1CC(=O)N(c2ccc(F)cc2C(=O)OCC)C1. The van der Waals surface area contributed by atoms with Crippen LogP contribution in [0, 0.1) is 11.7 Å². The molecule has 1 aliphatic rings. The van der Waals surface area contributed by atoms with E-state index in [1.54, 1.807) is 13.0 Å². The van der Waals surface area contributed by atoms with E-state index in [2.05, 4.69) is 6.58 Å². The normalized spacial score (nSPS) is 18.2. The topological polar surface area (TPSA) is 46.6 Å². The first-order chi connectivity index (χ1) is 9.56. The Morgan fingerprint density at radius 1 is 1.60 bits per heavy atom. The summed E-state index contributed by atoms with van der Waals surface area (Å²) in [6.45, 7) is 5.99. The molecule has 1 aliphatic heterocycles. The summed E-state index contributed by atoms with van der Waals surface area (Å²) < 4.78 is 18.3. The zero-order valence-corrected chi connectivity index (χ0v) is 11.3. The molecule has 0 N–H and O–H groups in total. The Bertz CT molecular complexity index is 556. The van der Waals surface area contributed by atoms with Crippen LogP contribution in [0.2, 0.25) is 0 Å². The van der Waals surface area contributed by atoms with Gasteiger partial charge in [0, 0.05) is 18.9 Å². The molecule has 106 valence electrons. The van der Waals surface area contributed by atoms with Crippen molar-refractivity contribution >= 4 is 17.6 Å². The number of ether oxygens (including phenoxy) is 1. The molecule has 1 atom stereocenters. The number of esters is 1. The number of hydrogen-bond donors (Lipinski definition) is 0. The number of halogens is 1. The van der Waals surface area contributed by atoms with Crippen LogP contribution in [0.5, 0.6) is 0 Å². The summed E-state index contributed by atoms with van der Waals surface area (Å²) in [7, 11) is 0. The number of benzene rings is 1. The lowest BCUT2D eigenvalue weighted by molar-refractivity contribution is -0.117. The van der Waals surface area contributed by atoms with Gasteiger partial charge in [0.05, 0.1) is 17.9 Å². The molecule has 20 heavy (non-hydrogen) atoms. The van der Waals surface area contributed by atoms with E-state index < -0.39 is 11.8 Å². The highest BCUT2D eigenvalue weighted by Gasteiger charge is 2.31. The molecule has 0 spiro atoms. The summed E-state index contributed by atoms with van der Waals surface area (Å²) >= 11 is 0. The van der Waals surface area contributed by atoms with Crippen molar-refractivity contribution < 1.29 is 18.7 Å². The Morgan fingerprint density at radius 3 is 2.95 bits per heavy atom. The molecule has 5 heteroatoms. The lowest BCUT2D eigenvalue weighted by Gasteiger charge is -2.19. The smallest absolute Gasteiger partial charge is 0.340 e. The number of amides is 1. The number of rotatable bonds is 4. The molecule has 0 bridgehead atoms. The van der Waals surface area contributed by atoms with E-state index >= 15 is 0 Å². The fourth-order valence-corrected chi connectivity index (χ4v) is 2.24. The van der Waals surface area contributed by atoms with Crippen molar-refractivity contribution in [3.8, 4) is 0 Å². The molecule has 0 aliphatic carbocycles. The molecule has 1 saturated heterocycles. The summed E-state index contributed by atoms with van der Waals surface area (Å²) in [4.78, 5) is 25.4. The second-order valence-corrected chi connectivity index (χ2v) is 4.59. The maximum atomic E-state index is 13.3. The quantitative estimate of drug-likeness (QED) is 0.627. The van der Waals surface area contributed by atoms with Gasteiger partial charge in [-0.2, -0.15) is 0 Å². The van der Waals surface area contributed by atoms with Gasteiger partial charge in [-0.15, -0.1) is 6.58 Å². The highest BCUT2D eigenvalue weighted by molar-refractivity contribution is 6.03. The minimum Gasteiger partial charge on any atom is -0.462 e. The Balaban J connectivity index is 2.38. The van der Waals surface area contributed by atoms with Crippen LogP contribution in [0.15, 0.2) is 30.9 Å². The van der Waals surface area contributed by atoms with Gasteiger partial charge in [0.2, 0.25) is 5.91 Å². The summed E-state index contributed by atoms with van der Waals surface area (Å²) in [6.07, 6.45) is 2.06. The van der Waals surface area contributed by atoms with E-state index in [1.807, 2.05) is 0 Å². The zero-order chi connectivity index (χ0) is 14.7. The van der Waals surface area contributed by atoms with Gasteiger partial charge in [-0.1, -0.05) is 6.08 Å². The van der Waals surface area contributed by atoms with Gasteiger partial charge < -0.3 is 9.64 Å². The molecule has 1 fully saturated rings. The van der Waals surface area contributed by atoms with Crippen molar-refractivity contribution in [2.75, 3.05) is 18.1 Å². The van der Waals surface area contributed by atoms with Gasteiger partial charge in [-0.3, -0.25) is 4.79 Å². The lowest BCUT2D eigenvalue weighted by Crippen LogP contribution is -2.26. The molecule has 1 unspecified atom stereocenters. The van der Waals surface area contributed by atoms with Crippen LogP contribution < -0.4 is 4.90 Å². The number of hydrogen-bond acceptors (Lipinski definition) is 3. The molecule has 1 aromatic carbocycles. The third-order valence-electron chi connectivity index (χ3n) is 3.23. The standard InChI is InChI=1S/C15H16FNO3/c1-3-10-7-14(18)17(9-10)13-6-5-11(16)8-12(13)15(19)20-4-2/h3,5-6,8,10H,1,4,7,9H2,2H3. The minimum absolute atomic E-state index is 0.0441. The van der Waals surface area contributed by atoms with Crippen LogP contribution >= 0.6 is 0 Å². The summed E-state index contributed by atoms with van der Waals surface area (Å²) in [5.41, 5.74) is 0.462. The van der Waals surface area contributed by atoms with Gasteiger partial charge in [0.15, 0.2) is 0 Å². The number of carbonyl (C=O) groups is 2. The Hall–Kier alpha value is -2.17. The van der Waals surface area contributed by atoms with E-state index in [0.717, 1.165) is 6.07 Å². The number of anilines is 1. The van der Waals surface area contributed by atoms with Crippen LogP contribution in [0.3, 0.4) is 0 Å². The van der Waals surface area contributed by atoms with Gasteiger partial charge in [0.1, 0.15) is 5.82 Å². The monoisotopic (exact) mass is 277 g/mol. The van der Waals surface area contributed by atoms with Crippen molar-refractivity contribution in [1.29, 1.82) is 0 Å². The fraction of sp³-hybridized carbons (Fsp3) is 0.333. The third kappa shape index (κ3) is 2.71. The summed E-state index contributed by atoms with van der Waals surface area (Å²) in [5.74, 6) is -1.23. The largest absolute Gasteiger partial charge is 0.462 e. The van der Waals surface area contributed by atoms with Crippen molar-refractivity contribution in [2.45, 2.75) is 13.3 Å². The van der Waals surface area contributed by atoms with Gasteiger partial charge in [-0.05, 0) is 25.1 Å². The first-order valence-corrected chi connectivity index (χ1v) is 6.46. The van der Waals surface area contributed by atoms with Crippen LogP contribution in [0.4, 0.5) is 10.1 Å². The van der Waals surface area contributed by atoms with Gasteiger partial charge >= 0.3 is 5.97 Å². The average molecular weight is 277 g/mol. The predicted molar refractivity (Wildman–Crippen MR) is 73.0 cm³/mol. The average Bonchev–Trinajstić information content (AvgIpc) is 2.80. The van der Waals surface area contributed by atoms with E-state index in [4.69, 9.17) is 4.74 Å². The van der Waals surface area contributed by atoms with Crippen molar-refractivity contribution in [1.82, 2.24) is 0 Å². The van der Waals surface area contributed by atoms with Crippen molar-refractivity contribution in [3.05, 3.63) is 42.2 Å². The van der Waals surface area contributed by atoms with E-state index in [9.17, 15) is 14.0 Å². The Labute approximate surface area is 116 Å². The van der Waals surface area contributed by atoms with Crippen LogP contribution in [0.1, 0.15) is 23.7 Å². The van der Waals surface area contributed by atoms with Crippen molar-refractivity contribution in [3.63, 3.8) is 0 Å². The second kappa shape index (κ2) is 5.86. The third-order valence-corrected chi connectivity index (χ3v) is 3.23. The number of nitrogens with zero attached hydrogens (tertiary/aromatic N) is 1. The molecule has 0 aromatic heterocycles. The van der Waals surface area contributed by atoms with Gasteiger partial charge in [-0.25, -0.2) is 9.18 Å². The molecular formula is C15H16FNO3. The molecule has 0 saturated carbocycles. The molecule has 1 aromatic rings. The zero-order valence-electron chi connectivity index (χ0n) is 11.3. The van der Waals surface area contributed by atoms with Crippen LogP contribution in [-0.2, 0) is 9.53 Å². The van der Waals surface area contributed by atoms with Crippen molar-refractivity contribution in [2.24, 2.45) is 5.92 Å². The lowest BCUT2D eigenvalue weighted by atomic mass is 10.1. The van der Waals surface area contributed by atoms with E-state index in [0.29, 0.717) is 18.7 Å². The van der Waals surface area contributed by atoms with Gasteiger partial charge in [0.25, 0.3) is 0 Å².